The first kappa shape index (κ1) is 32.0. The van der Waals surface area contributed by atoms with Gasteiger partial charge in [0.2, 0.25) is 11.8 Å². The van der Waals surface area contributed by atoms with E-state index in [1.54, 1.807) is 37.3 Å². The molecule has 220 valence electrons. The average Bonchev–Trinajstić information content (AvgIpc) is 2.95. The summed E-state index contributed by atoms with van der Waals surface area (Å²) in [7, 11) is -4.49. The van der Waals surface area contributed by atoms with Gasteiger partial charge in [-0.3, -0.25) is 13.9 Å². The fourth-order valence-corrected chi connectivity index (χ4v) is 5.47. The molecule has 0 radical (unpaired) electrons. The molecule has 0 aliphatic heterocycles. The number of amides is 2. The number of nitrogens with one attached hydrogen (secondary N) is 1. The number of nitrogens with zero attached hydrogens (tertiary/aromatic N) is 2. The second-order valence-electron chi connectivity index (χ2n) is 9.51. The van der Waals surface area contributed by atoms with Crippen LogP contribution in [0.4, 0.5) is 18.9 Å². The van der Waals surface area contributed by atoms with Crippen LogP contribution < -0.4 is 9.62 Å². The minimum atomic E-state index is -4.74. The molecule has 2 unspecified atom stereocenters. The molecule has 3 aromatic carbocycles. The SMILES string of the molecule is CCC(C)NC(=O)C(C)N(Cc1ccc(Cl)cc1)C(=O)CN(c1cccc(C(F)(F)F)c1)S(=O)(=O)c1ccccc1. The van der Waals surface area contributed by atoms with E-state index in [9.17, 15) is 31.2 Å². The molecule has 0 fully saturated rings. The van der Waals surface area contributed by atoms with Crippen LogP contribution in [0.25, 0.3) is 0 Å². The third-order valence-electron chi connectivity index (χ3n) is 6.51. The molecule has 3 aromatic rings. The molecule has 0 bridgehead atoms. The van der Waals surface area contributed by atoms with Crippen LogP contribution in [0, 0.1) is 0 Å². The van der Waals surface area contributed by atoms with E-state index >= 15 is 0 Å². The molecule has 0 aliphatic carbocycles. The Labute approximate surface area is 243 Å². The zero-order valence-electron chi connectivity index (χ0n) is 22.7. The fraction of sp³-hybridized carbons (Fsp3) is 0.310. The second-order valence-corrected chi connectivity index (χ2v) is 11.8. The normalized spacial score (nSPS) is 13.2. The van der Waals surface area contributed by atoms with Crippen LogP contribution in [0.15, 0.2) is 83.8 Å². The van der Waals surface area contributed by atoms with Crippen molar-refractivity contribution in [1.29, 1.82) is 0 Å². The maximum atomic E-state index is 13.9. The summed E-state index contributed by atoms with van der Waals surface area (Å²) in [4.78, 5) is 27.9. The number of halogens is 4. The second kappa shape index (κ2) is 13.4. The summed E-state index contributed by atoms with van der Waals surface area (Å²) < 4.78 is 68.7. The van der Waals surface area contributed by atoms with E-state index in [-0.39, 0.29) is 23.2 Å². The molecule has 41 heavy (non-hydrogen) atoms. The fourth-order valence-electron chi connectivity index (χ4n) is 3.92. The quantitative estimate of drug-likeness (QED) is 0.294. The molecule has 7 nitrogen and oxygen atoms in total. The number of hydrogen-bond donors (Lipinski definition) is 1. The molecule has 2 amide bonds. The summed E-state index contributed by atoms with van der Waals surface area (Å²) in [5, 5.41) is 3.27. The average molecular weight is 610 g/mol. The van der Waals surface area contributed by atoms with Gasteiger partial charge in [-0.1, -0.05) is 54.9 Å². The Kier molecular flexibility index (Phi) is 10.4. The minimum absolute atomic E-state index is 0.0765. The first-order chi connectivity index (χ1) is 19.2. The molecular formula is C29H31ClF3N3O4S. The van der Waals surface area contributed by atoms with Gasteiger partial charge >= 0.3 is 6.18 Å². The van der Waals surface area contributed by atoms with Gasteiger partial charge in [-0.25, -0.2) is 8.42 Å². The first-order valence-electron chi connectivity index (χ1n) is 12.8. The van der Waals surface area contributed by atoms with Crippen LogP contribution in [0.1, 0.15) is 38.3 Å². The topological polar surface area (TPSA) is 86.8 Å². The molecule has 2 atom stereocenters. The molecular weight excluding hydrogens is 579 g/mol. The van der Waals surface area contributed by atoms with Crippen molar-refractivity contribution in [3.05, 3.63) is 95.0 Å². The highest BCUT2D eigenvalue weighted by molar-refractivity contribution is 7.92. The first-order valence-corrected chi connectivity index (χ1v) is 14.6. The van der Waals surface area contributed by atoms with Gasteiger partial charge in [-0.2, -0.15) is 13.2 Å². The molecule has 0 aromatic heterocycles. The van der Waals surface area contributed by atoms with E-state index in [1.165, 1.54) is 42.2 Å². The molecule has 0 spiro atoms. The highest BCUT2D eigenvalue weighted by Gasteiger charge is 2.35. The number of carbonyl (C=O) groups excluding carboxylic acids is 2. The van der Waals surface area contributed by atoms with Gasteiger partial charge in [-0.15, -0.1) is 0 Å². The number of sulfonamides is 1. The number of carbonyl (C=O) groups is 2. The maximum Gasteiger partial charge on any atom is 0.416 e. The van der Waals surface area contributed by atoms with E-state index < -0.39 is 46.2 Å². The highest BCUT2D eigenvalue weighted by atomic mass is 35.5. The number of benzene rings is 3. The zero-order chi connectivity index (χ0) is 30.4. The van der Waals surface area contributed by atoms with Crippen molar-refractivity contribution in [2.45, 2.75) is 56.9 Å². The molecule has 0 heterocycles. The summed E-state index contributed by atoms with van der Waals surface area (Å²) in [6, 6.07) is 16.2. The van der Waals surface area contributed by atoms with Gasteiger partial charge in [0.1, 0.15) is 12.6 Å². The monoisotopic (exact) mass is 609 g/mol. The predicted octanol–water partition coefficient (Wildman–Crippen LogP) is 5.89. The van der Waals surface area contributed by atoms with E-state index in [0.29, 0.717) is 27.4 Å². The Morgan fingerprint density at radius 3 is 2.17 bits per heavy atom. The summed E-state index contributed by atoms with van der Waals surface area (Å²) >= 11 is 5.99. The van der Waals surface area contributed by atoms with E-state index in [0.717, 1.165) is 12.1 Å². The third kappa shape index (κ3) is 8.23. The lowest BCUT2D eigenvalue weighted by atomic mass is 10.1. The van der Waals surface area contributed by atoms with E-state index in [2.05, 4.69) is 5.32 Å². The number of alkyl halides is 3. The highest BCUT2D eigenvalue weighted by Crippen LogP contribution is 2.33. The summed E-state index contributed by atoms with van der Waals surface area (Å²) in [6.45, 7) is 4.26. The van der Waals surface area contributed by atoms with Gasteiger partial charge in [0.05, 0.1) is 16.1 Å². The van der Waals surface area contributed by atoms with Crippen LogP contribution in [-0.2, 0) is 32.3 Å². The van der Waals surface area contributed by atoms with Crippen molar-refractivity contribution < 1.29 is 31.2 Å². The van der Waals surface area contributed by atoms with E-state index in [4.69, 9.17) is 11.6 Å². The van der Waals surface area contributed by atoms with Crippen LogP contribution in [-0.4, -0.2) is 43.8 Å². The van der Waals surface area contributed by atoms with Crippen molar-refractivity contribution >= 4 is 39.1 Å². The smallest absolute Gasteiger partial charge is 0.352 e. The Morgan fingerprint density at radius 1 is 0.951 bits per heavy atom. The lowest BCUT2D eigenvalue weighted by Crippen LogP contribution is -2.52. The van der Waals surface area contributed by atoms with Crippen LogP contribution in [0.2, 0.25) is 5.02 Å². The van der Waals surface area contributed by atoms with Crippen molar-refractivity contribution in [3.63, 3.8) is 0 Å². The van der Waals surface area contributed by atoms with Gasteiger partial charge in [0.25, 0.3) is 10.0 Å². The predicted molar refractivity (Wildman–Crippen MR) is 152 cm³/mol. The maximum absolute atomic E-state index is 13.9. The standard InChI is InChI=1S/C29H31ClF3N3O4S/c1-4-20(2)34-28(38)21(3)35(18-22-13-15-24(30)16-14-22)27(37)19-36(41(39,40)26-11-6-5-7-12-26)25-10-8-9-23(17-25)29(31,32)33/h5-17,20-21H,4,18-19H2,1-3H3,(H,34,38). The molecule has 3 rings (SSSR count). The number of rotatable bonds is 11. The molecule has 1 N–H and O–H groups in total. The van der Waals surface area contributed by atoms with Gasteiger partial charge < -0.3 is 10.2 Å². The Bertz CT molecular complexity index is 1450. The van der Waals surface area contributed by atoms with Crippen molar-refractivity contribution in [3.8, 4) is 0 Å². The van der Waals surface area contributed by atoms with Gasteiger partial charge in [0, 0.05) is 17.6 Å². The van der Waals surface area contributed by atoms with Crippen LogP contribution in [0.5, 0.6) is 0 Å². The van der Waals surface area contributed by atoms with Crippen molar-refractivity contribution in [2.75, 3.05) is 10.8 Å². The molecule has 0 saturated carbocycles. The van der Waals surface area contributed by atoms with Crippen LogP contribution in [0.3, 0.4) is 0 Å². The molecule has 0 saturated heterocycles. The van der Waals surface area contributed by atoms with Gasteiger partial charge in [0.15, 0.2) is 0 Å². The minimum Gasteiger partial charge on any atom is -0.352 e. The summed E-state index contributed by atoms with van der Waals surface area (Å²) in [5.41, 5.74) is -0.808. The Hall–Kier alpha value is -3.57. The van der Waals surface area contributed by atoms with Crippen molar-refractivity contribution in [2.24, 2.45) is 0 Å². The third-order valence-corrected chi connectivity index (χ3v) is 8.55. The van der Waals surface area contributed by atoms with Crippen LogP contribution >= 0.6 is 11.6 Å². The molecule has 0 aliphatic rings. The number of hydrogen-bond acceptors (Lipinski definition) is 4. The summed E-state index contributed by atoms with van der Waals surface area (Å²) in [6.07, 6.45) is -4.10. The van der Waals surface area contributed by atoms with E-state index in [1.807, 2.05) is 6.92 Å². The Balaban J connectivity index is 2.07. The zero-order valence-corrected chi connectivity index (χ0v) is 24.3. The Morgan fingerprint density at radius 2 is 1.59 bits per heavy atom. The van der Waals surface area contributed by atoms with Crippen molar-refractivity contribution in [1.82, 2.24) is 10.2 Å². The lowest BCUT2D eigenvalue weighted by Gasteiger charge is -2.32. The summed E-state index contributed by atoms with van der Waals surface area (Å²) in [5.74, 6) is -1.25. The lowest BCUT2D eigenvalue weighted by molar-refractivity contribution is -0.139. The van der Waals surface area contributed by atoms with Gasteiger partial charge in [-0.05, 0) is 68.3 Å². The number of anilines is 1. The largest absolute Gasteiger partial charge is 0.416 e. The molecule has 12 heteroatoms.